The predicted octanol–water partition coefficient (Wildman–Crippen LogP) is 26.0. The van der Waals surface area contributed by atoms with Gasteiger partial charge in [0, 0.05) is 117 Å². The van der Waals surface area contributed by atoms with Crippen LogP contribution in [0.15, 0.2) is 0 Å². The minimum atomic E-state index is -0.252. The molecule has 760 valence electrons. The highest BCUT2D eigenvalue weighted by molar-refractivity contribution is 5.91. The second-order valence-electron chi connectivity index (χ2n) is 39.5. The van der Waals surface area contributed by atoms with Crippen LogP contribution >= 0.6 is 0 Å². The maximum Gasteiger partial charge on any atom is 0.311 e. The van der Waals surface area contributed by atoms with E-state index in [1.165, 1.54) is 315 Å². The number of likely N-dealkylation sites (tertiary alicyclic amines) is 5. The van der Waals surface area contributed by atoms with E-state index in [0.717, 1.165) is 142 Å². The zero-order valence-electron chi connectivity index (χ0n) is 86.8. The summed E-state index contributed by atoms with van der Waals surface area (Å²) in [5.41, 5.74) is 0. The average molecular weight is 1830 g/mol. The number of carbonyl (C=O) groups is 10. The molecule has 0 aromatic heterocycles. The lowest BCUT2D eigenvalue weighted by molar-refractivity contribution is -0.150. The summed E-state index contributed by atoms with van der Waals surface area (Å²) in [6.07, 6.45) is 80.8. The Morgan fingerprint density at radius 3 is 0.692 bits per heavy atom. The Balaban J connectivity index is 0.000000816. The van der Waals surface area contributed by atoms with E-state index in [-0.39, 0.29) is 88.8 Å². The second-order valence-corrected chi connectivity index (χ2v) is 39.5. The second kappa shape index (κ2) is 87.7. The van der Waals surface area contributed by atoms with E-state index in [4.69, 9.17) is 9.47 Å². The van der Waals surface area contributed by atoms with E-state index in [1.54, 1.807) is 0 Å². The first-order valence-electron chi connectivity index (χ1n) is 55.9. The lowest BCUT2D eigenvalue weighted by Gasteiger charge is -2.17. The number of carbonyl (C=O) groups excluding carboxylic acids is 10. The summed E-state index contributed by atoms with van der Waals surface area (Å²) in [6, 6.07) is 0. The highest BCUT2D eigenvalue weighted by Gasteiger charge is 2.39. The predicted molar refractivity (Wildman–Crippen MR) is 541 cm³/mol. The molecule has 0 aromatic carbocycles. The van der Waals surface area contributed by atoms with Gasteiger partial charge in [0.2, 0.25) is 47.3 Å². The van der Waals surface area contributed by atoms with Gasteiger partial charge in [0.25, 0.3) is 0 Å². The van der Waals surface area contributed by atoms with Gasteiger partial charge in [-0.3, -0.25) is 47.9 Å². The van der Waals surface area contributed by atoms with Crippen LogP contribution in [0.4, 0.5) is 0 Å². The number of rotatable bonds is 79. The largest absolute Gasteiger partial charge is 0.465 e. The van der Waals surface area contributed by atoms with Gasteiger partial charge in [-0.2, -0.15) is 0 Å². The molecule has 0 radical (unpaired) electrons. The van der Waals surface area contributed by atoms with Crippen LogP contribution in [-0.4, -0.2) is 182 Å². The third-order valence-corrected chi connectivity index (χ3v) is 27.2. The lowest BCUT2D eigenvalue weighted by atomic mass is 10.0. The molecule has 0 saturated carbocycles. The fourth-order valence-corrected chi connectivity index (χ4v) is 18.2. The Hall–Kier alpha value is -5.30. The summed E-state index contributed by atoms with van der Waals surface area (Å²) < 4.78 is 10.8. The molecule has 6 atom stereocenters. The monoisotopic (exact) mass is 1830 g/mol. The number of hydrogen-bond donors (Lipinski definition) is 3. The van der Waals surface area contributed by atoms with Crippen molar-refractivity contribution in [3.8, 4) is 0 Å². The van der Waals surface area contributed by atoms with Crippen molar-refractivity contribution in [3.05, 3.63) is 0 Å². The zero-order chi connectivity index (χ0) is 95.3. The van der Waals surface area contributed by atoms with Crippen LogP contribution in [0.3, 0.4) is 0 Å². The van der Waals surface area contributed by atoms with E-state index >= 15 is 0 Å². The van der Waals surface area contributed by atoms with E-state index in [9.17, 15) is 47.9 Å². The van der Waals surface area contributed by atoms with Crippen molar-refractivity contribution in [3.63, 3.8) is 0 Å². The molecule has 0 spiro atoms. The molecule has 130 heavy (non-hydrogen) atoms. The molecular weight excluding hydrogens is 1630 g/mol. The molecule has 5 saturated heterocycles. The van der Waals surface area contributed by atoms with Crippen molar-refractivity contribution in [2.24, 2.45) is 35.5 Å². The molecule has 0 aliphatic carbocycles. The molecule has 5 aliphatic rings. The molecule has 20 heteroatoms. The first kappa shape index (κ1) is 123. The number of hydrogen-bond acceptors (Lipinski definition) is 12. The summed E-state index contributed by atoms with van der Waals surface area (Å²) in [5, 5.41) is 9.05. The molecule has 5 rings (SSSR count). The van der Waals surface area contributed by atoms with Gasteiger partial charge in [-0.25, -0.2) is 0 Å². The van der Waals surface area contributed by atoms with Crippen LogP contribution in [0.25, 0.3) is 0 Å². The quantitative estimate of drug-likeness (QED) is 0.0380. The van der Waals surface area contributed by atoms with Gasteiger partial charge >= 0.3 is 11.9 Å². The van der Waals surface area contributed by atoms with Crippen molar-refractivity contribution in [1.29, 1.82) is 0 Å². The zero-order valence-corrected chi connectivity index (χ0v) is 86.8. The number of nitrogens with one attached hydrogen (secondary N) is 3. The van der Waals surface area contributed by atoms with Gasteiger partial charge in [-0.05, 0) is 70.1 Å². The van der Waals surface area contributed by atoms with Crippen LogP contribution in [0.1, 0.15) is 513 Å². The number of esters is 2. The lowest BCUT2D eigenvalue weighted by Crippen LogP contribution is -2.33. The summed E-state index contributed by atoms with van der Waals surface area (Å²) in [5.74, 6) is 0.132. The first-order valence-corrected chi connectivity index (χ1v) is 55.9. The molecule has 0 aromatic rings. The summed E-state index contributed by atoms with van der Waals surface area (Å²) in [7, 11) is 0. The standard InChI is InChI=1S/C27H52N2O2.C23H44N2O2.C22H42N2O2.C21H39NO3.C17H31NO3/c1-3-5-7-9-10-11-12-13-14-15-16-17-18-20-22-29-24-25(23-26(29)30)27(31)28-21-19-8-6-4-2;1-3-5-7-9-10-11-12-13-14-16-18-25-20-21(19-22(25)26)23(27)24-17-15-8-6-4-2;1-3-5-7-9-10-11-12-13-15-17-24-19-20(18-21(24)25)22(26)23-16-14-8-6-4-2;1-3-5-7-8-9-10-11-12-13-14-16-25-21(24)19-17-20(23)22(18-19)15-6-4-2;1-4-7-9-14(6-3)13-21-17(20)15-11-16(19)18(12-15)10-8-5-2/h25H,3-24H2,1-2H3,(H,28,31);21H,3-20H2,1-2H3,(H,24,27);20H,3-19H2,1-2H3,(H,23,26);19H,3-18H2,1-2H3;14-15H,4-13H2,1-3H3. The van der Waals surface area contributed by atoms with E-state index in [1.807, 2.05) is 24.5 Å². The van der Waals surface area contributed by atoms with Gasteiger partial charge in [-0.1, -0.05) is 416 Å². The number of nitrogens with zero attached hydrogens (tertiary/aromatic N) is 5. The van der Waals surface area contributed by atoms with Crippen LogP contribution in [0.2, 0.25) is 0 Å². The Kier molecular flexibility index (Phi) is 82.8. The summed E-state index contributed by atoms with van der Waals surface area (Å²) >= 11 is 0. The van der Waals surface area contributed by atoms with Crippen molar-refractivity contribution >= 4 is 59.2 Å². The molecule has 20 nitrogen and oxygen atoms in total. The fourth-order valence-electron chi connectivity index (χ4n) is 18.2. The normalized spacial score (nSPS) is 17.3. The van der Waals surface area contributed by atoms with Crippen LogP contribution < -0.4 is 16.0 Å². The van der Waals surface area contributed by atoms with Crippen LogP contribution in [0.5, 0.6) is 0 Å². The molecule has 0 bridgehead atoms. The maximum absolute atomic E-state index is 12.3. The molecule has 5 fully saturated rings. The molecule has 8 amide bonds. The van der Waals surface area contributed by atoms with Gasteiger partial charge in [0.05, 0.1) is 42.8 Å². The smallest absolute Gasteiger partial charge is 0.311 e. The highest BCUT2D eigenvalue weighted by Crippen LogP contribution is 2.27. The molecule has 6 unspecified atom stereocenters. The minimum absolute atomic E-state index is 0.0735. The number of amides is 8. The van der Waals surface area contributed by atoms with Gasteiger partial charge < -0.3 is 49.9 Å². The topological polar surface area (TPSA) is 241 Å². The van der Waals surface area contributed by atoms with Crippen molar-refractivity contribution in [2.45, 2.75) is 513 Å². The van der Waals surface area contributed by atoms with Crippen molar-refractivity contribution < 1.29 is 57.4 Å². The molecule has 5 heterocycles. The summed E-state index contributed by atoms with van der Waals surface area (Å²) in [6.45, 7) is 34.4. The maximum atomic E-state index is 12.3. The van der Waals surface area contributed by atoms with Crippen LogP contribution in [-0.2, 0) is 57.4 Å². The Morgan fingerprint density at radius 1 is 0.246 bits per heavy atom. The highest BCUT2D eigenvalue weighted by atomic mass is 16.5. The van der Waals surface area contributed by atoms with Gasteiger partial charge in [0.15, 0.2) is 0 Å². The Morgan fingerprint density at radius 2 is 0.446 bits per heavy atom. The van der Waals surface area contributed by atoms with E-state index in [0.29, 0.717) is 84.0 Å². The number of unbranched alkanes of at least 4 members (excludes halogenated alkanes) is 51. The Bertz CT molecular complexity index is 2770. The van der Waals surface area contributed by atoms with Crippen LogP contribution in [0, 0.1) is 35.5 Å². The van der Waals surface area contributed by atoms with Crippen molar-refractivity contribution in [1.82, 2.24) is 40.4 Å². The molecule has 5 aliphatic heterocycles. The van der Waals surface area contributed by atoms with Gasteiger partial charge in [0.1, 0.15) is 0 Å². The minimum Gasteiger partial charge on any atom is -0.465 e. The third kappa shape index (κ3) is 65.4. The first-order chi connectivity index (χ1) is 63.4. The fraction of sp³-hybridized carbons (Fsp3) is 0.909. The summed E-state index contributed by atoms with van der Waals surface area (Å²) in [4.78, 5) is 130. The molecule has 3 N–H and O–H groups in total. The van der Waals surface area contributed by atoms with E-state index in [2.05, 4.69) is 92.1 Å². The SMILES string of the molecule is CCCCC(CC)COC(=O)C1CC(=O)N(CCCC)C1.CCCCCCCCCCCCCCCCN1CC(C(=O)NCCCCCC)CC1=O.CCCCCCCCCCCCN1CC(C(=O)NCCCCCC)CC1=O.CCCCCCCCCCCCOC(=O)C1CC(=O)N(CCCC)C1.CCCCCCCCCCCN1CC(C(=O)NCCCCCC)CC1=O. The number of ether oxygens (including phenoxy) is 2. The van der Waals surface area contributed by atoms with Gasteiger partial charge in [-0.15, -0.1) is 0 Å². The Labute approximate surface area is 799 Å². The molecular formula is C110H208N8O12. The van der Waals surface area contributed by atoms with E-state index < -0.39 is 0 Å². The average Bonchev–Trinajstić information content (AvgIpc) is 1.75. The third-order valence-electron chi connectivity index (χ3n) is 27.2. The van der Waals surface area contributed by atoms with Crippen molar-refractivity contribution in [2.75, 3.05) is 98.3 Å².